The zero-order valence-electron chi connectivity index (χ0n) is 17.7. The second kappa shape index (κ2) is 7.16. The van der Waals surface area contributed by atoms with Crippen molar-refractivity contribution in [2.45, 2.75) is 37.8 Å². The number of carbonyl (C=O) groups excluding carboxylic acids is 1. The summed E-state index contributed by atoms with van der Waals surface area (Å²) in [5.74, 6) is -3.68. The summed E-state index contributed by atoms with van der Waals surface area (Å²) < 4.78 is 44.7. The molecule has 0 saturated carbocycles. The summed E-state index contributed by atoms with van der Waals surface area (Å²) in [6, 6.07) is 3.37. The molecule has 2 aliphatic rings. The SMILES string of the molecule is Cn1nc2c(c1-c1cc(F)c(F)c(F)c1)CC1CCCC2N1C(=O)c1cnc2ncccn12. The van der Waals surface area contributed by atoms with Gasteiger partial charge >= 0.3 is 0 Å². The lowest BCUT2D eigenvalue weighted by atomic mass is 9.81. The van der Waals surface area contributed by atoms with Gasteiger partial charge in [-0.3, -0.25) is 13.9 Å². The summed E-state index contributed by atoms with van der Waals surface area (Å²) in [7, 11) is 1.69. The average Bonchev–Trinajstić information content (AvgIpc) is 3.37. The van der Waals surface area contributed by atoms with E-state index in [-0.39, 0.29) is 23.6 Å². The molecule has 10 heteroatoms. The van der Waals surface area contributed by atoms with E-state index in [0.717, 1.165) is 37.0 Å². The van der Waals surface area contributed by atoms with E-state index in [1.54, 1.807) is 34.6 Å². The molecule has 0 N–H and O–H groups in total. The van der Waals surface area contributed by atoms with E-state index in [4.69, 9.17) is 0 Å². The predicted molar refractivity (Wildman–Crippen MR) is 112 cm³/mol. The molecule has 0 aliphatic carbocycles. The molecular weight excluding hydrogens is 433 g/mol. The average molecular weight is 452 g/mol. The standard InChI is InChI=1S/C23H19F3N6O/c1-30-21(12-8-15(24)19(26)16(25)9-12)14-10-13-4-2-5-17(20(14)29-30)32(13)22(33)18-11-28-23-27-6-3-7-31(18)23/h3,6-9,11,13,17H,2,4-5,10H2,1H3. The fourth-order valence-corrected chi connectivity index (χ4v) is 5.32. The number of aryl methyl sites for hydroxylation is 1. The maximum atomic E-state index is 14.0. The lowest BCUT2D eigenvalue weighted by Gasteiger charge is -2.45. The molecule has 1 saturated heterocycles. The molecule has 2 bridgehead atoms. The van der Waals surface area contributed by atoms with Crippen LogP contribution in [0.25, 0.3) is 17.0 Å². The van der Waals surface area contributed by atoms with E-state index in [1.807, 2.05) is 4.90 Å². The van der Waals surface area contributed by atoms with Crippen LogP contribution in [0.5, 0.6) is 0 Å². The van der Waals surface area contributed by atoms with Crippen LogP contribution in [0.1, 0.15) is 47.1 Å². The molecule has 7 nitrogen and oxygen atoms in total. The molecule has 6 rings (SSSR count). The second-order valence-electron chi connectivity index (χ2n) is 8.54. The first-order valence-electron chi connectivity index (χ1n) is 10.8. The first kappa shape index (κ1) is 20.0. The minimum absolute atomic E-state index is 0.0935. The van der Waals surface area contributed by atoms with E-state index in [2.05, 4.69) is 15.1 Å². The van der Waals surface area contributed by atoms with Crippen LogP contribution in [0.4, 0.5) is 13.2 Å². The number of fused-ring (bicyclic) bond motifs is 5. The maximum Gasteiger partial charge on any atom is 0.273 e. The van der Waals surface area contributed by atoms with Crippen LogP contribution in [-0.2, 0) is 13.5 Å². The van der Waals surface area contributed by atoms with E-state index in [0.29, 0.717) is 29.3 Å². The van der Waals surface area contributed by atoms with Crippen molar-refractivity contribution in [2.75, 3.05) is 0 Å². The molecule has 5 heterocycles. The minimum atomic E-state index is -1.49. The van der Waals surface area contributed by atoms with Crippen molar-refractivity contribution in [3.8, 4) is 11.3 Å². The summed E-state index contributed by atoms with van der Waals surface area (Å²) >= 11 is 0. The number of hydrogen-bond donors (Lipinski definition) is 0. The van der Waals surface area contributed by atoms with Crippen LogP contribution in [-0.4, -0.2) is 41.0 Å². The zero-order valence-corrected chi connectivity index (χ0v) is 17.7. The van der Waals surface area contributed by atoms with E-state index >= 15 is 0 Å². The third kappa shape index (κ3) is 2.89. The maximum absolute atomic E-state index is 14.0. The van der Waals surface area contributed by atoms with Gasteiger partial charge in [-0.15, -0.1) is 0 Å². The Morgan fingerprint density at radius 1 is 1.12 bits per heavy atom. The molecule has 33 heavy (non-hydrogen) atoms. The normalized spacial score (nSPS) is 19.7. The molecule has 168 valence electrons. The third-order valence-electron chi connectivity index (χ3n) is 6.68. The van der Waals surface area contributed by atoms with Gasteiger partial charge in [0.05, 0.1) is 23.6 Å². The van der Waals surface area contributed by atoms with Gasteiger partial charge in [0.15, 0.2) is 17.5 Å². The number of hydrogen-bond acceptors (Lipinski definition) is 4. The van der Waals surface area contributed by atoms with E-state index in [9.17, 15) is 18.0 Å². The number of amides is 1. The van der Waals surface area contributed by atoms with Gasteiger partial charge in [-0.05, 0) is 43.9 Å². The van der Waals surface area contributed by atoms with Crippen molar-refractivity contribution < 1.29 is 18.0 Å². The Bertz CT molecular complexity index is 1400. The van der Waals surface area contributed by atoms with Gasteiger partial charge in [0.2, 0.25) is 5.78 Å². The highest BCUT2D eigenvalue weighted by Gasteiger charge is 2.44. The van der Waals surface area contributed by atoms with Gasteiger partial charge in [-0.25, -0.2) is 23.1 Å². The molecule has 1 fully saturated rings. The van der Waals surface area contributed by atoms with Gasteiger partial charge in [0.1, 0.15) is 5.69 Å². The van der Waals surface area contributed by atoms with Gasteiger partial charge in [-0.1, -0.05) is 0 Å². The number of piperidine rings is 1. The molecule has 0 spiro atoms. The number of rotatable bonds is 2. The van der Waals surface area contributed by atoms with Gasteiger partial charge in [0.25, 0.3) is 5.91 Å². The zero-order chi connectivity index (χ0) is 22.9. The summed E-state index contributed by atoms with van der Waals surface area (Å²) in [5, 5.41) is 4.66. The van der Waals surface area contributed by atoms with Crippen molar-refractivity contribution in [2.24, 2.45) is 7.05 Å². The molecule has 1 amide bonds. The molecular formula is C23H19F3N6O. The van der Waals surface area contributed by atoms with Crippen LogP contribution in [0.2, 0.25) is 0 Å². The largest absolute Gasteiger partial charge is 0.325 e. The molecule has 4 aromatic rings. The van der Waals surface area contributed by atoms with E-state index < -0.39 is 17.5 Å². The van der Waals surface area contributed by atoms with Crippen LogP contribution in [0.15, 0.2) is 36.8 Å². The number of aromatic nitrogens is 5. The number of halogens is 3. The lowest BCUT2D eigenvalue weighted by Crippen LogP contribution is -2.50. The van der Waals surface area contributed by atoms with Crippen molar-refractivity contribution in [3.63, 3.8) is 0 Å². The van der Waals surface area contributed by atoms with Crippen LogP contribution < -0.4 is 0 Å². The molecule has 2 unspecified atom stereocenters. The van der Waals surface area contributed by atoms with Crippen molar-refractivity contribution in [1.29, 1.82) is 0 Å². The first-order chi connectivity index (χ1) is 15.9. The number of nitrogens with zero attached hydrogens (tertiary/aromatic N) is 6. The predicted octanol–water partition coefficient (Wildman–Crippen LogP) is 3.84. The van der Waals surface area contributed by atoms with Crippen molar-refractivity contribution in [3.05, 3.63) is 71.2 Å². The van der Waals surface area contributed by atoms with Crippen LogP contribution in [0.3, 0.4) is 0 Å². The summed E-state index contributed by atoms with van der Waals surface area (Å²) in [6.07, 6.45) is 7.88. The number of imidazole rings is 1. The summed E-state index contributed by atoms with van der Waals surface area (Å²) in [5.41, 5.74) is 2.77. The third-order valence-corrected chi connectivity index (χ3v) is 6.68. The Hall–Kier alpha value is -3.69. The molecule has 3 aromatic heterocycles. The lowest BCUT2D eigenvalue weighted by molar-refractivity contribution is 0.0385. The van der Waals surface area contributed by atoms with E-state index in [1.165, 1.54) is 6.20 Å². The Kier molecular flexibility index (Phi) is 4.33. The highest BCUT2D eigenvalue weighted by molar-refractivity contribution is 5.94. The fraction of sp³-hybridized carbons (Fsp3) is 0.304. The number of carbonyl (C=O) groups is 1. The second-order valence-corrected chi connectivity index (χ2v) is 8.54. The minimum Gasteiger partial charge on any atom is -0.325 e. The fourth-order valence-electron chi connectivity index (χ4n) is 5.32. The first-order valence-corrected chi connectivity index (χ1v) is 10.8. The van der Waals surface area contributed by atoms with Gasteiger partial charge < -0.3 is 4.90 Å². The number of benzene rings is 1. The van der Waals surface area contributed by atoms with Gasteiger partial charge in [0, 0.05) is 36.6 Å². The van der Waals surface area contributed by atoms with Crippen LogP contribution >= 0.6 is 0 Å². The Labute approximate surface area is 186 Å². The smallest absolute Gasteiger partial charge is 0.273 e. The molecule has 2 atom stereocenters. The Morgan fingerprint density at radius 3 is 2.70 bits per heavy atom. The highest BCUT2D eigenvalue weighted by atomic mass is 19.2. The van der Waals surface area contributed by atoms with Crippen molar-refractivity contribution >= 4 is 11.7 Å². The monoisotopic (exact) mass is 452 g/mol. The molecule has 2 aliphatic heterocycles. The summed E-state index contributed by atoms with van der Waals surface area (Å²) in [4.78, 5) is 23.9. The summed E-state index contributed by atoms with van der Waals surface area (Å²) in [6.45, 7) is 0. The quantitative estimate of drug-likeness (QED) is 0.434. The van der Waals surface area contributed by atoms with Crippen molar-refractivity contribution in [1.82, 2.24) is 29.0 Å². The Balaban J connectivity index is 1.45. The Morgan fingerprint density at radius 2 is 1.91 bits per heavy atom. The van der Waals surface area contributed by atoms with Gasteiger partial charge in [-0.2, -0.15) is 5.10 Å². The molecule has 1 aromatic carbocycles. The van der Waals surface area contributed by atoms with Crippen LogP contribution in [0, 0.1) is 17.5 Å². The highest BCUT2D eigenvalue weighted by Crippen LogP contribution is 2.45. The topological polar surface area (TPSA) is 68.3 Å². The molecule has 0 radical (unpaired) electrons.